The number of aryl methyl sites for hydroxylation is 1. The number of benzene rings is 1. The van der Waals surface area contributed by atoms with E-state index in [1.165, 1.54) is 38.2 Å². The quantitative estimate of drug-likeness (QED) is 0.626. The molecule has 0 aliphatic heterocycles. The minimum atomic E-state index is -0.132. The topological polar surface area (TPSA) is 0 Å². The minimum Gasteiger partial charge on any atom is -0.216 e. The van der Waals surface area contributed by atoms with Gasteiger partial charge in [0.1, 0.15) is 5.82 Å². The van der Waals surface area contributed by atoms with E-state index in [0.717, 1.165) is 11.5 Å². The third-order valence-corrected chi connectivity index (χ3v) is 4.64. The summed E-state index contributed by atoms with van der Waals surface area (Å²) in [5.74, 6) is 1.25. The molecule has 0 aromatic heterocycles. The van der Waals surface area contributed by atoms with Crippen LogP contribution in [0.2, 0.25) is 0 Å². The summed E-state index contributed by atoms with van der Waals surface area (Å²) in [6.45, 7) is 2.26. The molecule has 0 bridgehead atoms. The summed E-state index contributed by atoms with van der Waals surface area (Å²) in [5, 5.41) is 0. The Kier molecular flexibility index (Phi) is 5.75. The first-order valence-corrected chi connectivity index (χ1v) is 7.78. The van der Waals surface area contributed by atoms with Crippen molar-refractivity contribution in [2.45, 2.75) is 57.8 Å². The van der Waals surface area contributed by atoms with Gasteiger partial charge in [-0.05, 0) is 67.6 Å². The summed E-state index contributed by atoms with van der Waals surface area (Å²) in [6.07, 6.45) is 9.24. The van der Waals surface area contributed by atoms with Gasteiger partial charge in [-0.25, -0.2) is 8.78 Å². The fourth-order valence-corrected chi connectivity index (χ4v) is 3.23. The molecule has 0 amide bonds. The van der Waals surface area contributed by atoms with Crippen molar-refractivity contribution >= 4 is 0 Å². The van der Waals surface area contributed by atoms with Crippen molar-refractivity contribution in [1.29, 1.82) is 0 Å². The van der Waals surface area contributed by atoms with Crippen LogP contribution in [0.1, 0.15) is 62.5 Å². The molecule has 1 aromatic carbocycles. The first-order valence-electron chi connectivity index (χ1n) is 7.78. The highest BCUT2D eigenvalue weighted by Crippen LogP contribution is 2.37. The first-order chi connectivity index (χ1) is 9.74. The van der Waals surface area contributed by atoms with Crippen molar-refractivity contribution in [3.8, 4) is 0 Å². The Balaban J connectivity index is 1.98. The second-order valence-corrected chi connectivity index (χ2v) is 5.88. The van der Waals surface area contributed by atoms with E-state index in [1.807, 2.05) is 6.07 Å². The van der Waals surface area contributed by atoms with Crippen LogP contribution in [-0.2, 0) is 6.42 Å². The molecule has 0 radical (unpaired) electrons. The van der Waals surface area contributed by atoms with Gasteiger partial charge < -0.3 is 0 Å². The predicted octanol–water partition coefficient (Wildman–Crippen LogP) is 5.93. The average Bonchev–Trinajstić information content (AvgIpc) is 2.49. The van der Waals surface area contributed by atoms with E-state index < -0.39 is 0 Å². The molecular formula is C18H24F2. The fraction of sp³-hybridized carbons (Fsp3) is 0.556. The first kappa shape index (κ1) is 15.2. The van der Waals surface area contributed by atoms with Gasteiger partial charge in [0, 0.05) is 0 Å². The number of hydrogen-bond donors (Lipinski definition) is 0. The zero-order chi connectivity index (χ0) is 14.4. The zero-order valence-electron chi connectivity index (χ0n) is 12.2. The van der Waals surface area contributed by atoms with Crippen molar-refractivity contribution in [2.24, 2.45) is 5.92 Å². The molecule has 110 valence electrons. The zero-order valence-corrected chi connectivity index (χ0v) is 12.2. The lowest BCUT2D eigenvalue weighted by Crippen LogP contribution is -2.13. The van der Waals surface area contributed by atoms with Gasteiger partial charge in [0.15, 0.2) is 0 Å². The number of halogens is 2. The second-order valence-electron chi connectivity index (χ2n) is 5.88. The van der Waals surface area contributed by atoms with E-state index in [1.54, 1.807) is 6.07 Å². The second kappa shape index (κ2) is 7.56. The largest absolute Gasteiger partial charge is 0.216 e. The van der Waals surface area contributed by atoms with Crippen LogP contribution in [0.25, 0.3) is 0 Å². The van der Waals surface area contributed by atoms with Gasteiger partial charge in [0.25, 0.3) is 0 Å². The summed E-state index contributed by atoms with van der Waals surface area (Å²) in [4.78, 5) is 0. The Morgan fingerprint density at radius 2 is 1.95 bits per heavy atom. The molecule has 1 aliphatic carbocycles. The van der Waals surface area contributed by atoms with Crippen LogP contribution in [0.5, 0.6) is 0 Å². The number of allylic oxidation sites excluding steroid dienone is 1. The molecule has 0 heterocycles. The van der Waals surface area contributed by atoms with Crippen LogP contribution in [0, 0.1) is 11.7 Å². The molecule has 1 aromatic rings. The van der Waals surface area contributed by atoms with Crippen LogP contribution in [0.15, 0.2) is 30.6 Å². The van der Waals surface area contributed by atoms with Crippen molar-refractivity contribution in [3.63, 3.8) is 0 Å². The van der Waals surface area contributed by atoms with E-state index in [0.29, 0.717) is 30.7 Å². The van der Waals surface area contributed by atoms with Gasteiger partial charge in [-0.15, -0.1) is 0 Å². The molecule has 0 unspecified atom stereocenters. The summed E-state index contributed by atoms with van der Waals surface area (Å²) < 4.78 is 25.9. The molecule has 1 saturated carbocycles. The van der Waals surface area contributed by atoms with Gasteiger partial charge >= 0.3 is 0 Å². The summed E-state index contributed by atoms with van der Waals surface area (Å²) in [6, 6.07) is 5.64. The molecular weight excluding hydrogens is 254 g/mol. The van der Waals surface area contributed by atoms with E-state index in [-0.39, 0.29) is 5.82 Å². The Morgan fingerprint density at radius 3 is 2.55 bits per heavy atom. The molecule has 1 aliphatic rings. The smallest absolute Gasteiger partial charge is 0.126 e. The van der Waals surface area contributed by atoms with Gasteiger partial charge in [-0.1, -0.05) is 31.6 Å². The molecule has 20 heavy (non-hydrogen) atoms. The van der Waals surface area contributed by atoms with Crippen LogP contribution in [-0.4, -0.2) is 0 Å². The monoisotopic (exact) mass is 278 g/mol. The highest BCUT2D eigenvalue weighted by molar-refractivity contribution is 5.27. The summed E-state index contributed by atoms with van der Waals surface area (Å²) in [5.41, 5.74) is 1.83. The molecule has 1 fully saturated rings. The third kappa shape index (κ3) is 3.91. The molecule has 2 rings (SSSR count). The highest BCUT2D eigenvalue weighted by Gasteiger charge is 2.21. The van der Waals surface area contributed by atoms with Crippen molar-refractivity contribution in [2.75, 3.05) is 0 Å². The van der Waals surface area contributed by atoms with Crippen LogP contribution in [0.3, 0.4) is 0 Å². The van der Waals surface area contributed by atoms with E-state index in [4.69, 9.17) is 0 Å². The summed E-state index contributed by atoms with van der Waals surface area (Å²) in [7, 11) is 0. The van der Waals surface area contributed by atoms with Crippen LogP contribution >= 0.6 is 0 Å². The normalized spacial score (nSPS) is 23.4. The number of rotatable bonds is 5. The van der Waals surface area contributed by atoms with Crippen LogP contribution < -0.4 is 0 Å². The van der Waals surface area contributed by atoms with Gasteiger partial charge in [-0.2, -0.15) is 0 Å². The average molecular weight is 278 g/mol. The maximum atomic E-state index is 14.1. The summed E-state index contributed by atoms with van der Waals surface area (Å²) >= 11 is 0. The van der Waals surface area contributed by atoms with Gasteiger partial charge in [0.2, 0.25) is 0 Å². The molecule has 0 saturated heterocycles. The lowest BCUT2D eigenvalue weighted by molar-refractivity contribution is 0.318. The van der Waals surface area contributed by atoms with Gasteiger partial charge in [0.05, 0.1) is 6.33 Å². The van der Waals surface area contributed by atoms with Crippen molar-refractivity contribution in [1.82, 2.24) is 0 Å². The third-order valence-electron chi connectivity index (χ3n) is 4.64. The predicted molar refractivity (Wildman–Crippen MR) is 80.0 cm³/mol. The maximum absolute atomic E-state index is 14.1. The molecule has 0 atom stereocenters. The Bertz CT molecular complexity index is 443. The van der Waals surface area contributed by atoms with E-state index in [9.17, 15) is 8.78 Å². The Hall–Kier alpha value is -1.18. The lowest BCUT2D eigenvalue weighted by atomic mass is 9.77. The molecule has 0 spiro atoms. The maximum Gasteiger partial charge on any atom is 0.126 e. The molecule has 0 nitrogen and oxygen atoms in total. The minimum absolute atomic E-state index is 0.132. The lowest BCUT2D eigenvalue weighted by Gasteiger charge is -2.28. The van der Waals surface area contributed by atoms with E-state index >= 15 is 0 Å². The SMILES string of the molecule is CC[C@H]1CC[C@H](c2ccc(CC/C=C/F)c(F)c2)CC1. The molecule has 0 N–H and O–H groups in total. The Labute approximate surface area is 120 Å². The van der Waals surface area contributed by atoms with Crippen molar-refractivity contribution in [3.05, 3.63) is 47.5 Å². The molecule has 2 heteroatoms. The van der Waals surface area contributed by atoms with Crippen LogP contribution in [0.4, 0.5) is 8.78 Å². The standard InChI is InChI=1S/C18H24F2/c1-2-14-6-8-15(9-7-14)17-11-10-16(18(20)13-17)5-3-4-12-19/h4,10-15H,2-3,5-9H2,1H3/b12-4+/t14-,15-. The fourth-order valence-electron chi connectivity index (χ4n) is 3.23. The number of hydrogen-bond acceptors (Lipinski definition) is 0. The van der Waals surface area contributed by atoms with Gasteiger partial charge in [-0.3, -0.25) is 0 Å². The van der Waals surface area contributed by atoms with E-state index in [2.05, 4.69) is 13.0 Å². The highest BCUT2D eigenvalue weighted by atomic mass is 19.1. The Morgan fingerprint density at radius 1 is 1.20 bits per heavy atom. The van der Waals surface area contributed by atoms with Crippen molar-refractivity contribution < 1.29 is 8.78 Å².